The summed E-state index contributed by atoms with van der Waals surface area (Å²) < 4.78 is 5.54. The van der Waals surface area contributed by atoms with Gasteiger partial charge in [-0.05, 0) is 44.5 Å². The van der Waals surface area contributed by atoms with E-state index in [-0.39, 0.29) is 18.4 Å². The first-order chi connectivity index (χ1) is 11.6. The number of morpholine rings is 1. The molecule has 2 fully saturated rings. The van der Waals surface area contributed by atoms with Gasteiger partial charge >= 0.3 is 0 Å². The second-order valence-electron chi connectivity index (χ2n) is 6.68. The normalized spacial score (nSPS) is 26.0. The molecule has 2 N–H and O–H groups in total. The molecule has 0 unspecified atom stereocenters. The van der Waals surface area contributed by atoms with E-state index in [0.717, 1.165) is 31.5 Å². The van der Waals surface area contributed by atoms with Crippen LogP contribution in [0, 0.1) is 5.92 Å². The molecule has 0 spiro atoms. The van der Waals surface area contributed by atoms with E-state index in [1.807, 2.05) is 30.3 Å². The van der Waals surface area contributed by atoms with Crippen LogP contribution in [0.1, 0.15) is 24.4 Å². The van der Waals surface area contributed by atoms with Crippen molar-refractivity contribution in [3.63, 3.8) is 0 Å². The molecule has 2 heterocycles. The van der Waals surface area contributed by atoms with Crippen molar-refractivity contribution in [1.29, 1.82) is 0 Å². The number of benzene rings is 1. The Morgan fingerprint density at radius 1 is 1.29 bits per heavy atom. The molecule has 2 aliphatic heterocycles. The lowest BCUT2D eigenvalue weighted by Gasteiger charge is -2.33. The van der Waals surface area contributed by atoms with Crippen LogP contribution in [0.15, 0.2) is 30.3 Å². The molecule has 2 aliphatic rings. The number of amides is 2. The van der Waals surface area contributed by atoms with Gasteiger partial charge in [0.1, 0.15) is 6.61 Å². The molecule has 1 aromatic carbocycles. The van der Waals surface area contributed by atoms with Crippen molar-refractivity contribution in [2.45, 2.75) is 25.0 Å². The minimum absolute atomic E-state index is 0.0738. The van der Waals surface area contributed by atoms with Crippen LogP contribution in [-0.4, -0.2) is 56.1 Å². The third kappa shape index (κ3) is 4.13. The number of nitrogens with zero attached hydrogens (tertiary/aromatic N) is 1. The average molecular weight is 331 g/mol. The molecule has 6 heteroatoms. The number of hydrogen-bond acceptors (Lipinski definition) is 4. The van der Waals surface area contributed by atoms with E-state index in [1.54, 1.807) is 0 Å². The third-order valence-corrected chi connectivity index (χ3v) is 4.83. The van der Waals surface area contributed by atoms with Crippen molar-refractivity contribution in [3.8, 4) is 0 Å². The fourth-order valence-corrected chi connectivity index (χ4v) is 3.31. The van der Waals surface area contributed by atoms with Gasteiger partial charge in [0.25, 0.3) is 5.91 Å². The molecule has 0 aromatic heterocycles. The van der Waals surface area contributed by atoms with Gasteiger partial charge in [-0.15, -0.1) is 0 Å². The van der Waals surface area contributed by atoms with Gasteiger partial charge < -0.3 is 20.3 Å². The maximum absolute atomic E-state index is 12.6. The van der Waals surface area contributed by atoms with E-state index in [4.69, 9.17) is 4.74 Å². The summed E-state index contributed by atoms with van der Waals surface area (Å²) in [4.78, 5) is 26.6. The highest BCUT2D eigenvalue weighted by Crippen LogP contribution is 2.23. The number of carbonyl (C=O) groups excluding carboxylic acids is 2. The first-order valence-electron chi connectivity index (χ1n) is 8.55. The second-order valence-corrected chi connectivity index (χ2v) is 6.68. The van der Waals surface area contributed by atoms with Gasteiger partial charge in [-0.2, -0.15) is 0 Å². The standard InChI is InChI=1S/C18H25N3O3/c1-21-9-7-13(8-10-21)11-19-18(23)17-16(20-15(22)12-24-17)14-5-3-2-4-6-14/h2-6,13,16-17H,7-12H2,1H3,(H,19,23)(H,20,22)/t16-,17+/m1/s1. The van der Waals surface area contributed by atoms with Gasteiger partial charge in [-0.25, -0.2) is 0 Å². The van der Waals surface area contributed by atoms with Crippen molar-refractivity contribution in [2.75, 3.05) is 33.3 Å². The Kier molecular flexibility index (Phi) is 5.48. The van der Waals surface area contributed by atoms with Gasteiger partial charge in [-0.1, -0.05) is 30.3 Å². The van der Waals surface area contributed by atoms with E-state index in [1.165, 1.54) is 0 Å². The maximum Gasteiger partial charge on any atom is 0.251 e. The van der Waals surface area contributed by atoms with Crippen LogP contribution < -0.4 is 10.6 Å². The van der Waals surface area contributed by atoms with Gasteiger partial charge in [0.05, 0.1) is 6.04 Å². The number of hydrogen-bond donors (Lipinski definition) is 2. The number of piperidine rings is 1. The molecule has 2 amide bonds. The van der Waals surface area contributed by atoms with Crippen LogP contribution in [0.2, 0.25) is 0 Å². The number of rotatable bonds is 4. The molecular formula is C18H25N3O3. The van der Waals surface area contributed by atoms with Crippen LogP contribution in [0.25, 0.3) is 0 Å². The Morgan fingerprint density at radius 2 is 2.00 bits per heavy atom. The second kappa shape index (κ2) is 7.77. The van der Waals surface area contributed by atoms with Crippen LogP contribution in [0.3, 0.4) is 0 Å². The summed E-state index contributed by atoms with van der Waals surface area (Å²) in [6, 6.07) is 9.05. The number of ether oxygens (including phenoxy) is 1. The first kappa shape index (κ1) is 16.9. The molecular weight excluding hydrogens is 306 g/mol. The minimum Gasteiger partial charge on any atom is -0.356 e. The van der Waals surface area contributed by atoms with E-state index < -0.39 is 12.1 Å². The molecule has 3 rings (SSSR count). The van der Waals surface area contributed by atoms with Gasteiger partial charge in [0.2, 0.25) is 5.91 Å². The summed E-state index contributed by atoms with van der Waals surface area (Å²) in [5.41, 5.74) is 0.880. The summed E-state index contributed by atoms with van der Waals surface area (Å²) in [6.45, 7) is 2.74. The Morgan fingerprint density at radius 3 is 2.71 bits per heavy atom. The first-order valence-corrected chi connectivity index (χ1v) is 8.55. The molecule has 130 valence electrons. The zero-order chi connectivity index (χ0) is 16.9. The van der Waals surface area contributed by atoms with Crippen LogP contribution in [0.4, 0.5) is 0 Å². The highest BCUT2D eigenvalue weighted by Gasteiger charge is 2.36. The van der Waals surface area contributed by atoms with E-state index in [0.29, 0.717) is 12.5 Å². The molecule has 0 bridgehead atoms. The van der Waals surface area contributed by atoms with Crippen molar-refractivity contribution in [3.05, 3.63) is 35.9 Å². The van der Waals surface area contributed by atoms with Gasteiger partial charge in [0, 0.05) is 6.54 Å². The fourth-order valence-electron chi connectivity index (χ4n) is 3.31. The minimum atomic E-state index is -0.684. The Bertz CT molecular complexity index is 570. The van der Waals surface area contributed by atoms with Crippen molar-refractivity contribution < 1.29 is 14.3 Å². The summed E-state index contributed by atoms with van der Waals surface area (Å²) in [5.74, 6) is 0.171. The van der Waals surface area contributed by atoms with Gasteiger partial charge in [0.15, 0.2) is 6.10 Å². The smallest absolute Gasteiger partial charge is 0.251 e. The summed E-state index contributed by atoms with van der Waals surface area (Å²) in [7, 11) is 2.12. The molecule has 6 nitrogen and oxygen atoms in total. The van der Waals surface area contributed by atoms with Crippen molar-refractivity contribution in [2.24, 2.45) is 5.92 Å². The Labute approximate surface area is 142 Å². The molecule has 0 radical (unpaired) electrons. The lowest BCUT2D eigenvalue weighted by atomic mass is 9.96. The van der Waals surface area contributed by atoms with Crippen molar-refractivity contribution in [1.82, 2.24) is 15.5 Å². The largest absolute Gasteiger partial charge is 0.356 e. The van der Waals surface area contributed by atoms with Crippen LogP contribution in [0.5, 0.6) is 0 Å². The maximum atomic E-state index is 12.6. The summed E-state index contributed by atoms with van der Waals surface area (Å²) in [6.07, 6.45) is 1.51. The molecule has 24 heavy (non-hydrogen) atoms. The fraction of sp³-hybridized carbons (Fsp3) is 0.556. The topological polar surface area (TPSA) is 70.7 Å². The third-order valence-electron chi connectivity index (χ3n) is 4.83. The number of nitrogens with one attached hydrogen (secondary N) is 2. The molecule has 2 saturated heterocycles. The van der Waals surface area contributed by atoms with Crippen LogP contribution >= 0.6 is 0 Å². The number of carbonyl (C=O) groups is 2. The lowest BCUT2D eigenvalue weighted by molar-refractivity contribution is -0.148. The lowest BCUT2D eigenvalue weighted by Crippen LogP contribution is -2.53. The van der Waals surface area contributed by atoms with E-state index in [2.05, 4.69) is 22.6 Å². The molecule has 0 saturated carbocycles. The van der Waals surface area contributed by atoms with E-state index in [9.17, 15) is 9.59 Å². The van der Waals surface area contributed by atoms with E-state index >= 15 is 0 Å². The summed E-state index contributed by atoms with van der Waals surface area (Å²) in [5, 5.41) is 5.89. The molecule has 2 atom stereocenters. The predicted octanol–water partition coefficient (Wildman–Crippen LogP) is 0.701. The SMILES string of the molecule is CN1CCC(CNC(=O)[C@H]2OCC(=O)N[C@@H]2c2ccccc2)CC1. The molecule has 0 aliphatic carbocycles. The monoisotopic (exact) mass is 331 g/mol. The van der Waals surface area contributed by atoms with Crippen LogP contribution in [-0.2, 0) is 14.3 Å². The highest BCUT2D eigenvalue weighted by atomic mass is 16.5. The zero-order valence-electron chi connectivity index (χ0n) is 14.0. The molecule has 1 aromatic rings. The van der Waals surface area contributed by atoms with Gasteiger partial charge in [-0.3, -0.25) is 9.59 Å². The zero-order valence-corrected chi connectivity index (χ0v) is 14.0. The Balaban J connectivity index is 1.60. The Hall–Kier alpha value is -1.92. The summed E-state index contributed by atoms with van der Waals surface area (Å²) >= 11 is 0. The average Bonchev–Trinajstić information content (AvgIpc) is 2.61. The predicted molar refractivity (Wildman–Crippen MR) is 90.3 cm³/mol. The highest BCUT2D eigenvalue weighted by molar-refractivity contribution is 5.86. The number of likely N-dealkylation sites (tertiary alicyclic amines) is 1. The van der Waals surface area contributed by atoms with Crippen molar-refractivity contribution >= 4 is 11.8 Å². The quantitative estimate of drug-likeness (QED) is 0.852.